The van der Waals surface area contributed by atoms with Crippen LogP contribution in [0.5, 0.6) is 0 Å². The van der Waals surface area contributed by atoms with Gasteiger partial charge in [-0.3, -0.25) is 4.79 Å². The maximum absolute atomic E-state index is 12.1. The number of nitrogens with one attached hydrogen (secondary N) is 3. The molecule has 5 N–H and O–H groups in total. The number of hydrogen-bond donors (Lipinski definition) is 4. The van der Waals surface area contributed by atoms with Crippen LogP contribution in [-0.4, -0.2) is 47.0 Å². The van der Waals surface area contributed by atoms with Gasteiger partial charge in [-0.05, 0) is 43.0 Å². The zero-order valence-electron chi connectivity index (χ0n) is 20.4. The van der Waals surface area contributed by atoms with Crippen LogP contribution in [0.3, 0.4) is 0 Å². The fraction of sp³-hybridized carbons (Fsp3) is 0.458. The number of nitrogens with zero attached hydrogens (tertiary/aromatic N) is 3. The van der Waals surface area contributed by atoms with Gasteiger partial charge < -0.3 is 26.4 Å². The summed E-state index contributed by atoms with van der Waals surface area (Å²) in [7, 11) is 1.46. The van der Waals surface area contributed by atoms with Crippen molar-refractivity contribution in [2.75, 3.05) is 36.6 Å². The maximum Gasteiger partial charge on any atom is 0.343 e. The Morgan fingerprint density at radius 1 is 1.09 bits per heavy atom. The van der Waals surface area contributed by atoms with Crippen LogP contribution in [-0.2, 0) is 14.3 Å². The number of carbonyl (C=O) groups is 2. The molecule has 0 bridgehead atoms. The summed E-state index contributed by atoms with van der Waals surface area (Å²) in [6, 6.07) is 7.08. The maximum atomic E-state index is 12.1. The third-order valence-electron chi connectivity index (χ3n) is 5.19. The Labute approximate surface area is 200 Å². The van der Waals surface area contributed by atoms with Gasteiger partial charge in [0.25, 0.3) is 5.91 Å². The first-order valence-corrected chi connectivity index (χ1v) is 11.6. The smallest absolute Gasteiger partial charge is 0.343 e. The van der Waals surface area contributed by atoms with Crippen molar-refractivity contribution in [1.82, 2.24) is 20.3 Å². The lowest BCUT2D eigenvalue weighted by molar-refractivity contribution is -0.140. The fourth-order valence-electron chi connectivity index (χ4n) is 3.23. The van der Waals surface area contributed by atoms with E-state index in [9.17, 15) is 9.59 Å². The lowest BCUT2D eigenvalue weighted by Crippen LogP contribution is -2.26. The molecule has 0 aliphatic heterocycles. The van der Waals surface area contributed by atoms with Gasteiger partial charge in [0.2, 0.25) is 17.8 Å². The van der Waals surface area contributed by atoms with E-state index in [1.807, 2.05) is 0 Å². The van der Waals surface area contributed by atoms with E-state index in [-0.39, 0.29) is 18.1 Å². The number of nitrogens with two attached hydrogens (primary N) is 1. The number of esters is 1. The molecule has 0 aliphatic carbocycles. The molecular formula is C24H35N7O3. The molecule has 0 fully saturated rings. The molecule has 1 aromatic carbocycles. The molecule has 34 heavy (non-hydrogen) atoms. The van der Waals surface area contributed by atoms with Gasteiger partial charge in [-0.15, -0.1) is 0 Å². The molecule has 1 unspecified atom stereocenters. The van der Waals surface area contributed by atoms with E-state index in [0.717, 1.165) is 19.4 Å². The lowest BCUT2D eigenvalue weighted by Gasteiger charge is -2.15. The first-order valence-electron chi connectivity index (χ1n) is 11.6. The predicted octanol–water partition coefficient (Wildman–Crippen LogP) is 3.52. The fourth-order valence-corrected chi connectivity index (χ4v) is 3.23. The van der Waals surface area contributed by atoms with E-state index in [0.29, 0.717) is 29.1 Å². The van der Waals surface area contributed by atoms with E-state index < -0.39 is 11.9 Å². The highest BCUT2D eigenvalue weighted by atomic mass is 16.5. The summed E-state index contributed by atoms with van der Waals surface area (Å²) in [5, 5.41) is 8.82. The molecule has 2 aromatic rings. The van der Waals surface area contributed by atoms with Gasteiger partial charge in [0.05, 0.1) is 6.61 Å². The molecule has 1 atom stereocenters. The SMILES string of the molecule is CCCCC(CC)CNc1nc(N)nc(Nc2ccc(/C=C(/C(=O)NC)C(=O)OCC)cc2)n1. The van der Waals surface area contributed by atoms with Gasteiger partial charge in [0, 0.05) is 19.3 Å². The zero-order valence-corrected chi connectivity index (χ0v) is 20.4. The van der Waals surface area contributed by atoms with Crippen molar-refractivity contribution in [3.8, 4) is 0 Å². The Balaban J connectivity index is 2.11. The molecule has 1 heterocycles. The van der Waals surface area contributed by atoms with Crippen molar-refractivity contribution in [3.63, 3.8) is 0 Å². The van der Waals surface area contributed by atoms with E-state index in [1.54, 1.807) is 31.2 Å². The van der Waals surface area contributed by atoms with Crippen molar-refractivity contribution in [2.24, 2.45) is 5.92 Å². The van der Waals surface area contributed by atoms with Crippen LogP contribution in [0.25, 0.3) is 6.08 Å². The Morgan fingerprint density at radius 2 is 1.79 bits per heavy atom. The first-order chi connectivity index (χ1) is 16.4. The number of carbonyl (C=O) groups excluding carboxylic acids is 2. The summed E-state index contributed by atoms with van der Waals surface area (Å²) >= 11 is 0. The highest BCUT2D eigenvalue weighted by molar-refractivity contribution is 6.19. The second kappa shape index (κ2) is 13.8. The van der Waals surface area contributed by atoms with Crippen LogP contribution in [0.2, 0.25) is 0 Å². The van der Waals surface area contributed by atoms with Gasteiger partial charge in [-0.2, -0.15) is 15.0 Å². The van der Waals surface area contributed by atoms with E-state index in [2.05, 4.69) is 44.7 Å². The minimum atomic E-state index is -0.676. The summed E-state index contributed by atoms with van der Waals surface area (Å²) < 4.78 is 4.96. The van der Waals surface area contributed by atoms with Crippen molar-refractivity contribution >= 4 is 41.5 Å². The van der Waals surface area contributed by atoms with E-state index in [1.165, 1.54) is 26.0 Å². The minimum absolute atomic E-state index is 0.0738. The van der Waals surface area contributed by atoms with Crippen LogP contribution in [0, 0.1) is 5.92 Å². The average Bonchev–Trinajstić information content (AvgIpc) is 2.83. The number of aromatic nitrogens is 3. The number of anilines is 4. The third-order valence-corrected chi connectivity index (χ3v) is 5.19. The lowest BCUT2D eigenvalue weighted by atomic mass is 9.99. The second-order valence-electron chi connectivity index (χ2n) is 7.74. The molecule has 0 spiro atoms. The summed E-state index contributed by atoms with van der Waals surface area (Å²) in [5.74, 6) is 0.216. The molecule has 0 aliphatic rings. The van der Waals surface area contributed by atoms with Crippen LogP contribution in [0.15, 0.2) is 29.8 Å². The van der Waals surface area contributed by atoms with Gasteiger partial charge >= 0.3 is 5.97 Å². The highest BCUT2D eigenvalue weighted by Gasteiger charge is 2.18. The summed E-state index contributed by atoms with van der Waals surface area (Å²) in [5.41, 5.74) is 7.17. The van der Waals surface area contributed by atoms with Crippen LogP contribution in [0.1, 0.15) is 52.0 Å². The average molecular weight is 470 g/mol. The largest absolute Gasteiger partial charge is 0.462 e. The normalized spacial score (nSPS) is 12.1. The van der Waals surface area contributed by atoms with E-state index in [4.69, 9.17) is 10.5 Å². The molecule has 2 rings (SSSR count). The third kappa shape index (κ3) is 8.34. The molecule has 0 saturated carbocycles. The number of amides is 1. The van der Waals surface area contributed by atoms with Gasteiger partial charge in [0.15, 0.2) is 0 Å². The van der Waals surface area contributed by atoms with Gasteiger partial charge in [-0.1, -0.05) is 45.2 Å². The van der Waals surface area contributed by atoms with Crippen LogP contribution < -0.4 is 21.7 Å². The van der Waals surface area contributed by atoms with Gasteiger partial charge in [0.1, 0.15) is 5.57 Å². The quantitative estimate of drug-likeness (QED) is 0.150. The monoisotopic (exact) mass is 469 g/mol. The van der Waals surface area contributed by atoms with E-state index >= 15 is 0 Å². The number of unbranched alkanes of at least 4 members (excludes halogenated alkanes) is 1. The molecule has 1 aromatic heterocycles. The predicted molar refractivity (Wildman–Crippen MR) is 134 cm³/mol. The minimum Gasteiger partial charge on any atom is -0.462 e. The molecule has 0 radical (unpaired) electrons. The number of ether oxygens (including phenoxy) is 1. The number of rotatable bonds is 13. The molecule has 10 heteroatoms. The molecule has 184 valence electrons. The van der Waals surface area contributed by atoms with Crippen molar-refractivity contribution < 1.29 is 14.3 Å². The number of benzene rings is 1. The Kier molecular flexibility index (Phi) is 10.8. The topological polar surface area (TPSA) is 144 Å². The Morgan fingerprint density at radius 3 is 2.41 bits per heavy atom. The number of hydrogen-bond acceptors (Lipinski definition) is 9. The number of nitrogen functional groups attached to an aromatic ring is 1. The summed E-state index contributed by atoms with van der Waals surface area (Å²) in [6.07, 6.45) is 6.09. The van der Waals surface area contributed by atoms with Crippen molar-refractivity contribution in [3.05, 3.63) is 35.4 Å². The molecule has 1 amide bonds. The standard InChI is InChI=1S/C24H35N7O3/c1-5-8-9-16(6-2)15-27-23-29-22(25)30-24(31-23)28-18-12-10-17(11-13-18)14-19(20(32)26-4)21(33)34-7-3/h10-14,16H,5-9,15H2,1-4H3,(H,26,32)(H4,25,27,28,29,30,31)/b19-14-. The summed E-state index contributed by atoms with van der Waals surface area (Å²) in [6.45, 7) is 7.01. The second-order valence-corrected chi connectivity index (χ2v) is 7.74. The number of likely N-dealkylation sites (N-methyl/N-ethyl adjacent to an activating group) is 1. The summed E-state index contributed by atoms with van der Waals surface area (Å²) in [4.78, 5) is 36.9. The highest BCUT2D eigenvalue weighted by Crippen LogP contribution is 2.19. The molecule has 0 saturated heterocycles. The van der Waals surface area contributed by atoms with Crippen molar-refractivity contribution in [1.29, 1.82) is 0 Å². The molecular weight excluding hydrogens is 434 g/mol. The van der Waals surface area contributed by atoms with Crippen molar-refractivity contribution in [2.45, 2.75) is 46.5 Å². The Bertz CT molecular complexity index is 977. The first kappa shape index (κ1) is 26.6. The van der Waals surface area contributed by atoms with Crippen LogP contribution >= 0.6 is 0 Å². The molecule has 10 nitrogen and oxygen atoms in total. The Hall–Kier alpha value is -3.69. The van der Waals surface area contributed by atoms with Crippen LogP contribution in [0.4, 0.5) is 23.5 Å². The van der Waals surface area contributed by atoms with Gasteiger partial charge in [-0.25, -0.2) is 4.79 Å². The zero-order chi connectivity index (χ0) is 24.9.